The molecule has 1 aliphatic rings. The third-order valence-electron chi connectivity index (χ3n) is 5.16. The van der Waals surface area contributed by atoms with Gasteiger partial charge in [0.25, 0.3) is 0 Å². The molecule has 27 heavy (non-hydrogen) atoms. The number of nitriles is 1. The molecular formula is C19H21N5O2S. The molecule has 1 aromatic carbocycles. The molecule has 8 heteroatoms. The summed E-state index contributed by atoms with van der Waals surface area (Å²) < 4.78 is 26.9. The van der Waals surface area contributed by atoms with Crippen molar-refractivity contribution in [1.29, 1.82) is 5.26 Å². The average Bonchev–Trinajstić information content (AvgIpc) is 3.01. The van der Waals surface area contributed by atoms with Crippen molar-refractivity contribution in [3.05, 3.63) is 41.5 Å². The van der Waals surface area contributed by atoms with E-state index in [1.165, 1.54) is 10.6 Å². The zero-order chi connectivity index (χ0) is 19.2. The predicted molar refractivity (Wildman–Crippen MR) is 105 cm³/mol. The Morgan fingerprint density at radius 2 is 1.96 bits per heavy atom. The van der Waals surface area contributed by atoms with E-state index in [9.17, 15) is 13.7 Å². The van der Waals surface area contributed by atoms with Crippen molar-refractivity contribution in [1.82, 2.24) is 13.7 Å². The van der Waals surface area contributed by atoms with Crippen molar-refractivity contribution in [3.8, 4) is 6.07 Å². The molecule has 2 aromatic heterocycles. The maximum atomic E-state index is 11.7. The molecule has 1 N–H and O–H groups in total. The maximum absolute atomic E-state index is 11.7. The lowest BCUT2D eigenvalue weighted by molar-refractivity contribution is 0.331. The van der Waals surface area contributed by atoms with Gasteiger partial charge in [-0.25, -0.2) is 17.7 Å². The molecule has 4 rings (SSSR count). The second-order valence-corrected chi connectivity index (χ2v) is 9.02. The fourth-order valence-corrected chi connectivity index (χ4v) is 4.62. The highest BCUT2D eigenvalue weighted by Crippen LogP contribution is 2.28. The molecule has 1 fully saturated rings. The third-order valence-corrected chi connectivity index (χ3v) is 6.46. The van der Waals surface area contributed by atoms with Gasteiger partial charge in [0, 0.05) is 19.1 Å². The Morgan fingerprint density at radius 1 is 1.26 bits per heavy atom. The summed E-state index contributed by atoms with van der Waals surface area (Å²) in [5, 5.41) is 13.1. The van der Waals surface area contributed by atoms with Gasteiger partial charge in [-0.2, -0.15) is 5.26 Å². The molecule has 0 spiro atoms. The van der Waals surface area contributed by atoms with E-state index in [0.29, 0.717) is 24.3 Å². The molecule has 0 bridgehead atoms. The zero-order valence-electron chi connectivity index (χ0n) is 15.3. The Morgan fingerprint density at radius 3 is 2.63 bits per heavy atom. The molecule has 0 saturated carbocycles. The molecule has 140 valence electrons. The highest BCUT2D eigenvalue weighted by molar-refractivity contribution is 7.88. The zero-order valence-corrected chi connectivity index (χ0v) is 16.1. The molecule has 1 aliphatic heterocycles. The van der Waals surface area contributed by atoms with Crippen LogP contribution < -0.4 is 5.32 Å². The Bertz CT molecular complexity index is 1170. The maximum Gasteiger partial charge on any atom is 0.211 e. The van der Waals surface area contributed by atoms with Crippen molar-refractivity contribution in [2.75, 3.05) is 24.7 Å². The molecule has 0 unspecified atom stereocenters. The van der Waals surface area contributed by atoms with Gasteiger partial charge < -0.3 is 5.32 Å². The second-order valence-electron chi connectivity index (χ2n) is 7.04. The van der Waals surface area contributed by atoms with Crippen LogP contribution in [0.15, 0.2) is 30.3 Å². The van der Waals surface area contributed by atoms with E-state index in [0.717, 1.165) is 35.3 Å². The number of rotatable bonds is 3. The molecule has 0 radical (unpaired) electrons. The number of para-hydroxylation sites is 2. The first-order valence-corrected chi connectivity index (χ1v) is 10.8. The molecule has 3 heterocycles. The standard InChI is InChI=1S/C19H21N5O2S/c1-13-11-18(21-14-7-9-23(10-8-14)27(2,25)26)24-17-6-4-3-5-16(17)22-19(24)15(13)12-20/h3-6,11,14,21H,7-10H2,1-2H3. The van der Waals surface area contributed by atoms with E-state index in [4.69, 9.17) is 0 Å². The fraction of sp³-hybridized carbons (Fsp3) is 0.368. The topological polar surface area (TPSA) is 90.5 Å². The van der Waals surface area contributed by atoms with Crippen LogP contribution >= 0.6 is 0 Å². The normalized spacial score (nSPS) is 16.6. The number of piperidine rings is 1. The summed E-state index contributed by atoms with van der Waals surface area (Å²) in [5.74, 6) is 0.882. The van der Waals surface area contributed by atoms with Crippen molar-refractivity contribution >= 4 is 32.5 Å². The number of nitrogens with one attached hydrogen (secondary N) is 1. The van der Waals surface area contributed by atoms with Crippen LogP contribution in [0.25, 0.3) is 16.7 Å². The van der Waals surface area contributed by atoms with E-state index in [2.05, 4.69) is 16.4 Å². The van der Waals surface area contributed by atoms with E-state index in [1.807, 2.05) is 41.7 Å². The highest BCUT2D eigenvalue weighted by Gasteiger charge is 2.25. The number of sulfonamides is 1. The Balaban J connectivity index is 1.73. The van der Waals surface area contributed by atoms with Gasteiger partial charge in [-0.05, 0) is 43.5 Å². The first-order valence-electron chi connectivity index (χ1n) is 8.91. The summed E-state index contributed by atoms with van der Waals surface area (Å²) >= 11 is 0. The molecule has 0 aliphatic carbocycles. The van der Waals surface area contributed by atoms with E-state index in [1.54, 1.807) is 0 Å². The monoisotopic (exact) mass is 383 g/mol. The van der Waals surface area contributed by atoms with Gasteiger partial charge in [0.05, 0.1) is 22.9 Å². The van der Waals surface area contributed by atoms with E-state index in [-0.39, 0.29) is 6.04 Å². The van der Waals surface area contributed by atoms with Crippen molar-refractivity contribution in [2.24, 2.45) is 0 Å². The first-order chi connectivity index (χ1) is 12.9. The molecule has 0 atom stereocenters. The van der Waals surface area contributed by atoms with E-state index < -0.39 is 10.0 Å². The largest absolute Gasteiger partial charge is 0.368 e. The number of nitrogens with zero attached hydrogens (tertiary/aromatic N) is 4. The number of aryl methyl sites for hydroxylation is 1. The number of benzene rings is 1. The second kappa shape index (κ2) is 6.51. The van der Waals surface area contributed by atoms with Crippen LogP contribution in [0.2, 0.25) is 0 Å². The van der Waals surface area contributed by atoms with Gasteiger partial charge in [0.2, 0.25) is 10.0 Å². The smallest absolute Gasteiger partial charge is 0.211 e. The summed E-state index contributed by atoms with van der Waals surface area (Å²) in [4.78, 5) is 4.66. The minimum absolute atomic E-state index is 0.166. The predicted octanol–water partition coefficient (Wildman–Crippen LogP) is 2.50. The number of anilines is 1. The fourth-order valence-electron chi connectivity index (χ4n) is 3.74. The van der Waals surface area contributed by atoms with Gasteiger partial charge in [0.1, 0.15) is 11.9 Å². The lowest BCUT2D eigenvalue weighted by Gasteiger charge is -2.31. The SMILES string of the molecule is Cc1cc(NC2CCN(S(C)(=O)=O)CC2)n2c(nc3ccccc32)c1C#N. The van der Waals surface area contributed by atoms with Gasteiger partial charge in [-0.15, -0.1) is 0 Å². The number of hydrogen-bond donors (Lipinski definition) is 1. The minimum atomic E-state index is -3.14. The van der Waals surface area contributed by atoms with Crippen LogP contribution in [0.4, 0.5) is 5.82 Å². The molecule has 1 saturated heterocycles. The number of pyridine rings is 1. The minimum Gasteiger partial charge on any atom is -0.368 e. The summed E-state index contributed by atoms with van der Waals surface area (Å²) in [5.41, 5.74) is 3.88. The average molecular weight is 383 g/mol. The third kappa shape index (κ3) is 3.13. The van der Waals surface area contributed by atoms with Crippen molar-refractivity contribution in [2.45, 2.75) is 25.8 Å². The number of hydrogen-bond acceptors (Lipinski definition) is 5. The van der Waals surface area contributed by atoms with Crippen molar-refractivity contribution < 1.29 is 8.42 Å². The summed E-state index contributed by atoms with van der Waals surface area (Å²) in [6.45, 7) is 2.94. The van der Waals surface area contributed by atoms with Crippen LogP contribution in [0.1, 0.15) is 24.0 Å². The van der Waals surface area contributed by atoms with Crippen LogP contribution in [0.5, 0.6) is 0 Å². The molecule has 3 aromatic rings. The Labute approximate surface area is 158 Å². The van der Waals surface area contributed by atoms with Crippen molar-refractivity contribution in [3.63, 3.8) is 0 Å². The lowest BCUT2D eigenvalue weighted by Crippen LogP contribution is -2.42. The number of imidazole rings is 1. The van der Waals surface area contributed by atoms with E-state index >= 15 is 0 Å². The summed E-state index contributed by atoms with van der Waals surface area (Å²) in [7, 11) is -3.14. The van der Waals surface area contributed by atoms with Crippen LogP contribution in [0.3, 0.4) is 0 Å². The highest BCUT2D eigenvalue weighted by atomic mass is 32.2. The van der Waals surface area contributed by atoms with Gasteiger partial charge in [0.15, 0.2) is 5.65 Å². The lowest BCUT2D eigenvalue weighted by atomic mass is 10.1. The number of aromatic nitrogens is 2. The van der Waals surface area contributed by atoms with Crippen LogP contribution in [0, 0.1) is 18.3 Å². The van der Waals surface area contributed by atoms with Crippen LogP contribution in [-0.2, 0) is 10.0 Å². The van der Waals surface area contributed by atoms with Crippen LogP contribution in [-0.4, -0.2) is 47.5 Å². The molecule has 7 nitrogen and oxygen atoms in total. The summed E-state index contributed by atoms with van der Waals surface area (Å²) in [6, 6.07) is 12.2. The molecular weight excluding hydrogens is 362 g/mol. The van der Waals surface area contributed by atoms with Gasteiger partial charge >= 0.3 is 0 Å². The Hall–Kier alpha value is -2.63. The van der Waals surface area contributed by atoms with Gasteiger partial charge in [-0.1, -0.05) is 12.1 Å². The molecule has 0 amide bonds. The first kappa shape index (κ1) is 17.8. The Kier molecular flexibility index (Phi) is 4.29. The van der Waals surface area contributed by atoms with Gasteiger partial charge in [-0.3, -0.25) is 4.40 Å². The quantitative estimate of drug-likeness (QED) is 0.750. The summed E-state index contributed by atoms with van der Waals surface area (Å²) in [6.07, 6.45) is 2.73. The number of fused-ring (bicyclic) bond motifs is 3.